The number of carbonyl (C=O) groups is 3. The van der Waals surface area contributed by atoms with Gasteiger partial charge in [0.15, 0.2) is 11.4 Å². The average Bonchev–Trinajstić information content (AvgIpc) is 2.86. The molecule has 0 saturated heterocycles. The Morgan fingerprint density at radius 3 is 2.33 bits per heavy atom. The lowest BCUT2D eigenvalue weighted by Crippen LogP contribution is -2.63. The summed E-state index contributed by atoms with van der Waals surface area (Å²) in [5, 5.41) is 44.6. The van der Waals surface area contributed by atoms with Crippen LogP contribution < -0.4 is 5.73 Å². The Kier molecular flexibility index (Phi) is 6.24. The number of amides is 1. The van der Waals surface area contributed by atoms with Gasteiger partial charge in [-0.25, -0.2) is 0 Å². The SMILES string of the molecule is Cc1ccc(/C=C/c2ccc(O)c3c2C[C@H]2C[C@H]4[C@H](N(C)C)C(O)=C(C(N)=O)C(=O)[C@@]4(O)C(O)=C2C3=O)cc1. The quantitative estimate of drug-likeness (QED) is 0.298. The third-order valence-electron chi connectivity index (χ3n) is 8.17. The summed E-state index contributed by atoms with van der Waals surface area (Å²) < 4.78 is 0. The number of phenols is 1. The van der Waals surface area contributed by atoms with E-state index >= 15 is 0 Å². The minimum Gasteiger partial charge on any atom is -0.510 e. The van der Waals surface area contributed by atoms with Gasteiger partial charge in [-0.3, -0.25) is 19.3 Å². The molecule has 0 bridgehead atoms. The predicted octanol–water partition coefficient (Wildman–Crippen LogP) is 2.60. The Morgan fingerprint density at radius 2 is 1.72 bits per heavy atom. The highest BCUT2D eigenvalue weighted by atomic mass is 16.3. The van der Waals surface area contributed by atoms with E-state index < -0.39 is 58.0 Å². The average molecular weight is 531 g/mol. The van der Waals surface area contributed by atoms with Crippen LogP contribution in [0.4, 0.5) is 0 Å². The number of hydrogen-bond donors (Lipinski definition) is 5. The minimum atomic E-state index is -2.65. The first kappa shape index (κ1) is 26.4. The fraction of sp³-hybridized carbons (Fsp3) is 0.300. The van der Waals surface area contributed by atoms with Crippen LogP contribution in [0, 0.1) is 18.8 Å². The lowest BCUT2D eigenvalue weighted by atomic mass is 9.58. The van der Waals surface area contributed by atoms with E-state index in [-0.39, 0.29) is 29.7 Å². The van der Waals surface area contributed by atoms with Crippen molar-refractivity contribution in [2.45, 2.75) is 31.4 Å². The van der Waals surface area contributed by atoms with E-state index in [0.29, 0.717) is 11.1 Å². The molecule has 0 aliphatic heterocycles. The van der Waals surface area contributed by atoms with Crippen LogP contribution in [0.2, 0.25) is 0 Å². The number of aryl methyl sites for hydroxylation is 1. The highest BCUT2D eigenvalue weighted by Crippen LogP contribution is 2.52. The minimum absolute atomic E-state index is 0.0122. The summed E-state index contributed by atoms with van der Waals surface area (Å²) in [5.74, 6) is -6.64. The number of nitrogens with two attached hydrogens (primary N) is 1. The molecule has 202 valence electrons. The van der Waals surface area contributed by atoms with Crippen molar-refractivity contribution in [3.8, 4) is 5.75 Å². The van der Waals surface area contributed by atoms with E-state index in [9.17, 15) is 34.8 Å². The molecule has 0 aromatic heterocycles. The van der Waals surface area contributed by atoms with Gasteiger partial charge < -0.3 is 26.2 Å². The van der Waals surface area contributed by atoms with Gasteiger partial charge in [0.2, 0.25) is 5.78 Å². The maximum atomic E-state index is 13.8. The van der Waals surface area contributed by atoms with Crippen molar-refractivity contribution < 1.29 is 34.8 Å². The van der Waals surface area contributed by atoms with Crippen molar-refractivity contribution >= 4 is 29.6 Å². The van der Waals surface area contributed by atoms with Crippen molar-refractivity contribution in [1.29, 1.82) is 0 Å². The Hall–Kier alpha value is -4.21. The number of ketones is 2. The number of aromatic hydroxyl groups is 1. The summed E-state index contributed by atoms with van der Waals surface area (Å²) in [5.41, 5.74) is 5.06. The summed E-state index contributed by atoms with van der Waals surface area (Å²) in [7, 11) is 3.19. The second kappa shape index (κ2) is 9.21. The third-order valence-corrected chi connectivity index (χ3v) is 8.17. The Labute approximate surface area is 225 Å². The second-order valence-electron chi connectivity index (χ2n) is 10.7. The van der Waals surface area contributed by atoms with Crippen LogP contribution in [0.15, 0.2) is 59.1 Å². The van der Waals surface area contributed by atoms with E-state index in [2.05, 4.69) is 0 Å². The molecule has 0 unspecified atom stereocenters. The highest BCUT2D eigenvalue weighted by Gasteiger charge is 2.63. The number of nitrogens with zero attached hydrogens (tertiary/aromatic N) is 1. The number of benzene rings is 2. The van der Waals surface area contributed by atoms with Crippen molar-refractivity contribution in [3.05, 3.63) is 86.9 Å². The number of fused-ring (bicyclic) bond motifs is 3. The zero-order valence-electron chi connectivity index (χ0n) is 21.8. The van der Waals surface area contributed by atoms with Gasteiger partial charge in [0.25, 0.3) is 5.91 Å². The molecule has 0 fully saturated rings. The molecule has 2 aromatic carbocycles. The molecule has 5 rings (SSSR count). The van der Waals surface area contributed by atoms with Gasteiger partial charge in [0, 0.05) is 11.5 Å². The van der Waals surface area contributed by atoms with Gasteiger partial charge in [-0.2, -0.15) is 0 Å². The smallest absolute Gasteiger partial charge is 0.255 e. The number of rotatable bonds is 4. The number of phenolic OH excluding ortho intramolecular Hbond substituents is 1. The van der Waals surface area contributed by atoms with Gasteiger partial charge in [-0.1, -0.05) is 48.0 Å². The van der Waals surface area contributed by atoms with Crippen LogP contribution >= 0.6 is 0 Å². The molecular formula is C30H30N2O7. The maximum Gasteiger partial charge on any atom is 0.255 e. The first-order valence-electron chi connectivity index (χ1n) is 12.6. The predicted molar refractivity (Wildman–Crippen MR) is 144 cm³/mol. The molecule has 0 heterocycles. The van der Waals surface area contributed by atoms with Crippen LogP contribution in [-0.4, -0.2) is 68.5 Å². The number of Topliss-reactive ketones (excluding diaryl/α,β-unsaturated/α-hetero) is 2. The lowest BCUT2D eigenvalue weighted by Gasteiger charge is -2.50. The normalized spacial score (nSPS) is 26.6. The molecule has 2 aromatic rings. The zero-order chi connectivity index (χ0) is 28.4. The van der Waals surface area contributed by atoms with Gasteiger partial charge >= 0.3 is 0 Å². The number of carbonyl (C=O) groups excluding carboxylic acids is 3. The summed E-state index contributed by atoms with van der Waals surface area (Å²) in [4.78, 5) is 40.7. The molecular weight excluding hydrogens is 500 g/mol. The number of aliphatic hydroxyl groups is 3. The summed E-state index contributed by atoms with van der Waals surface area (Å²) in [6.07, 6.45) is 4.03. The van der Waals surface area contributed by atoms with Gasteiger partial charge in [0.05, 0.1) is 11.6 Å². The molecule has 0 saturated carbocycles. The standard InChI is InChI=1S/C30H30N2O7/c1-14-4-6-15(7-5-14)8-9-16-10-11-20(33)22-18(16)12-17-13-19-24(32(2)3)26(35)23(29(31)38)28(37)30(19,39)27(36)21(17)25(22)34/h4-11,17,19,24,33,35-36,39H,12-13H2,1-3H3,(H2,31,38)/b9-8+/t17-,19-,24-,30-/m0/s1. The molecule has 9 heteroatoms. The van der Waals surface area contributed by atoms with Crippen molar-refractivity contribution in [3.63, 3.8) is 0 Å². The van der Waals surface area contributed by atoms with Crippen LogP contribution in [0.25, 0.3) is 12.2 Å². The van der Waals surface area contributed by atoms with Crippen LogP contribution in [-0.2, 0) is 16.0 Å². The van der Waals surface area contributed by atoms with Gasteiger partial charge in [-0.15, -0.1) is 0 Å². The fourth-order valence-corrected chi connectivity index (χ4v) is 6.29. The van der Waals surface area contributed by atoms with E-state index in [0.717, 1.165) is 11.1 Å². The largest absolute Gasteiger partial charge is 0.510 e. The zero-order valence-corrected chi connectivity index (χ0v) is 21.8. The van der Waals surface area contributed by atoms with E-state index in [1.165, 1.54) is 11.0 Å². The number of likely N-dealkylation sites (N-methyl/N-ethyl adjacent to an activating group) is 1. The monoisotopic (exact) mass is 530 g/mol. The van der Waals surface area contributed by atoms with E-state index in [1.54, 1.807) is 20.2 Å². The Balaban J connectivity index is 1.65. The van der Waals surface area contributed by atoms with Crippen LogP contribution in [0.1, 0.15) is 39.0 Å². The van der Waals surface area contributed by atoms with E-state index in [1.807, 2.05) is 43.3 Å². The van der Waals surface area contributed by atoms with Crippen molar-refractivity contribution in [1.82, 2.24) is 4.90 Å². The number of allylic oxidation sites excluding steroid dienone is 1. The molecule has 0 spiro atoms. The highest BCUT2D eigenvalue weighted by molar-refractivity contribution is 6.24. The Bertz CT molecular complexity index is 1520. The number of primary amides is 1. The number of hydrogen-bond acceptors (Lipinski definition) is 8. The number of aliphatic hydroxyl groups excluding tert-OH is 2. The fourth-order valence-electron chi connectivity index (χ4n) is 6.29. The van der Waals surface area contributed by atoms with Crippen LogP contribution in [0.5, 0.6) is 5.75 Å². The van der Waals surface area contributed by atoms with Gasteiger partial charge in [-0.05, 0) is 62.5 Å². The summed E-state index contributed by atoms with van der Waals surface area (Å²) >= 11 is 0. The molecule has 4 atom stereocenters. The molecule has 6 N–H and O–H groups in total. The molecule has 0 radical (unpaired) electrons. The van der Waals surface area contributed by atoms with Gasteiger partial charge in [0.1, 0.15) is 22.8 Å². The molecule has 3 aliphatic rings. The lowest BCUT2D eigenvalue weighted by molar-refractivity contribution is -0.148. The maximum absolute atomic E-state index is 13.8. The molecule has 9 nitrogen and oxygen atoms in total. The third kappa shape index (κ3) is 3.88. The van der Waals surface area contributed by atoms with E-state index in [4.69, 9.17) is 5.73 Å². The Morgan fingerprint density at radius 1 is 1.05 bits per heavy atom. The summed E-state index contributed by atoms with van der Waals surface area (Å²) in [6, 6.07) is 9.97. The van der Waals surface area contributed by atoms with Crippen molar-refractivity contribution in [2.75, 3.05) is 14.1 Å². The first-order chi connectivity index (χ1) is 18.4. The summed E-state index contributed by atoms with van der Waals surface area (Å²) in [6.45, 7) is 1.99. The first-order valence-corrected chi connectivity index (χ1v) is 12.6. The topological polar surface area (TPSA) is 161 Å². The molecule has 3 aliphatic carbocycles. The molecule has 1 amide bonds. The molecule has 39 heavy (non-hydrogen) atoms. The van der Waals surface area contributed by atoms with Crippen molar-refractivity contribution in [2.24, 2.45) is 17.6 Å². The second-order valence-corrected chi connectivity index (χ2v) is 10.7. The van der Waals surface area contributed by atoms with Crippen LogP contribution in [0.3, 0.4) is 0 Å².